The highest BCUT2D eigenvalue weighted by Crippen LogP contribution is 2.33. The Balaban J connectivity index is 2.58. The van der Waals surface area contributed by atoms with Crippen molar-refractivity contribution in [3.8, 4) is 0 Å². The number of nitrogens with zero attached hydrogens (tertiary/aromatic N) is 1. The molecule has 0 saturated carbocycles. The van der Waals surface area contributed by atoms with Crippen molar-refractivity contribution >= 4 is 26.0 Å². The fourth-order valence-corrected chi connectivity index (χ4v) is 2.90. The first kappa shape index (κ1) is 11.5. The Morgan fingerprint density at radius 3 is 2.15 bits per heavy atom. The van der Waals surface area contributed by atoms with Crippen molar-refractivity contribution in [1.82, 2.24) is 4.31 Å². The Bertz CT molecular complexity index is 268. The second-order valence-corrected chi connectivity index (χ2v) is 6.65. The highest BCUT2D eigenvalue weighted by molar-refractivity contribution is 9.09. The maximum absolute atomic E-state index is 11.2. The van der Waals surface area contributed by atoms with Crippen LogP contribution in [-0.2, 0) is 10.0 Å². The molecule has 1 fully saturated rings. The Kier molecular flexibility index (Phi) is 3.41. The van der Waals surface area contributed by atoms with Gasteiger partial charge in [0.05, 0.1) is 6.26 Å². The lowest BCUT2D eigenvalue weighted by Gasteiger charge is -2.36. The van der Waals surface area contributed by atoms with E-state index < -0.39 is 10.0 Å². The minimum Gasteiger partial charge on any atom is -0.213 e. The summed E-state index contributed by atoms with van der Waals surface area (Å²) in [7, 11) is -2.97. The second-order valence-electron chi connectivity index (χ2n) is 4.11. The Morgan fingerprint density at radius 2 is 1.85 bits per heavy atom. The van der Waals surface area contributed by atoms with Crippen molar-refractivity contribution < 1.29 is 8.42 Å². The first-order valence-electron chi connectivity index (χ1n) is 4.38. The summed E-state index contributed by atoms with van der Waals surface area (Å²) in [5.74, 6) is 0. The average molecular weight is 270 g/mol. The molecule has 13 heavy (non-hydrogen) atoms. The van der Waals surface area contributed by atoms with Gasteiger partial charge in [-0.05, 0) is 18.3 Å². The van der Waals surface area contributed by atoms with E-state index in [1.165, 1.54) is 6.26 Å². The quantitative estimate of drug-likeness (QED) is 0.712. The summed E-state index contributed by atoms with van der Waals surface area (Å²) in [6.45, 7) is 3.53. The van der Waals surface area contributed by atoms with Crippen molar-refractivity contribution in [3.05, 3.63) is 0 Å². The minimum absolute atomic E-state index is 0.279. The van der Waals surface area contributed by atoms with E-state index in [1.54, 1.807) is 4.31 Å². The molecule has 0 aromatic rings. The van der Waals surface area contributed by atoms with E-state index in [0.29, 0.717) is 13.1 Å². The van der Waals surface area contributed by atoms with Crippen molar-refractivity contribution in [2.75, 3.05) is 24.7 Å². The van der Waals surface area contributed by atoms with E-state index in [-0.39, 0.29) is 5.41 Å². The zero-order chi connectivity index (χ0) is 10.1. The Labute approximate surface area is 88.7 Å². The molecule has 1 saturated heterocycles. The largest absolute Gasteiger partial charge is 0.213 e. The molecule has 0 atom stereocenters. The molecule has 0 N–H and O–H groups in total. The molecule has 0 radical (unpaired) electrons. The predicted octanol–water partition coefficient (Wildman–Crippen LogP) is 1.44. The van der Waals surface area contributed by atoms with Gasteiger partial charge in [-0.3, -0.25) is 0 Å². The molecule has 0 unspecified atom stereocenters. The van der Waals surface area contributed by atoms with E-state index in [9.17, 15) is 8.42 Å². The van der Waals surface area contributed by atoms with Crippen LogP contribution in [0.5, 0.6) is 0 Å². The van der Waals surface area contributed by atoms with Crippen molar-refractivity contribution in [2.45, 2.75) is 19.8 Å². The number of hydrogen-bond donors (Lipinski definition) is 0. The molecule has 78 valence electrons. The maximum Gasteiger partial charge on any atom is 0.211 e. The van der Waals surface area contributed by atoms with Crippen LogP contribution in [0.2, 0.25) is 0 Å². The molecular weight excluding hydrogens is 254 g/mol. The summed E-state index contributed by atoms with van der Waals surface area (Å²) in [4.78, 5) is 0. The van der Waals surface area contributed by atoms with Gasteiger partial charge in [-0.15, -0.1) is 0 Å². The van der Waals surface area contributed by atoms with E-state index >= 15 is 0 Å². The SMILES string of the molecule is CC1(CBr)CCN(S(C)(=O)=O)CC1. The van der Waals surface area contributed by atoms with Gasteiger partial charge in [0.2, 0.25) is 10.0 Å². The monoisotopic (exact) mass is 269 g/mol. The predicted molar refractivity (Wildman–Crippen MR) is 57.6 cm³/mol. The van der Waals surface area contributed by atoms with Crippen LogP contribution in [-0.4, -0.2) is 37.4 Å². The number of rotatable bonds is 2. The van der Waals surface area contributed by atoms with Crippen LogP contribution in [0.15, 0.2) is 0 Å². The summed E-state index contributed by atoms with van der Waals surface area (Å²) < 4.78 is 24.0. The number of piperidine rings is 1. The fraction of sp³-hybridized carbons (Fsp3) is 1.00. The van der Waals surface area contributed by atoms with Gasteiger partial charge in [-0.2, -0.15) is 0 Å². The topological polar surface area (TPSA) is 37.4 Å². The number of hydrogen-bond acceptors (Lipinski definition) is 2. The van der Waals surface area contributed by atoms with Gasteiger partial charge in [0.15, 0.2) is 0 Å². The third-order valence-corrected chi connectivity index (χ3v) is 5.38. The van der Waals surface area contributed by atoms with Crippen molar-refractivity contribution in [1.29, 1.82) is 0 Å². The number of halogens is 1. The van der Waals surface area contributed by atoms with Crippen LogP contribution >= 0.6 is 15.9 Å². The van der Waals surface area contributed by atoms with E-state index in [0.717, 1.165) is 18.2 Å². The van der Waals surface area contributed by atoms with Crippen LogP contribution < -0.4 is 0 Å². The van der Waals surface area contributed by atoms with Gasteiger partial charge in [0.1, 0.15) is 0 Å². The van der Waals surface area contributed by atoms with Gasteiger partial charge in [0, 0.05) is 18.4 Å². The Hall–Kier alpha value is 0.390. The third kappa shape index (κ3) is 2.92. The summed E-state index contributed by atoms with van der Waals surface area (Å²) in [6.07, 6.45) is 3.18. The molecule has 1 aliphatic rings. The summed E-state index contributed by atoms with van der Waals surface area (Å²) in [5.41, 5.74) is 0.279. The molecule has 0 amide bonds. The molecule has 1 aliphatic heterocycles. The lowest BCUT2D eigenvalue weighted by molar-refractivity contribution is 0.203. The van der Waals surface area contributed by atoms with Crippen LogP contribution in [0.4, 0.5) is 0 Å². The molecule has 0 bridgehead atoms. The highest BCUT2D eigenvalue weighted by atomic mass is 79.9. The average Bonchev–Trinajstić information content (AvgIpc) is 2.04. The smallest absolute Gasteiger partial charge is 0.211 e. The van der Waals surface area contributed by atoms with E-state index in [4.69, 9.17) is 0 Å². The third-order valence-electron chi connectivity index (χ3n) is 2.72. The number of sulfonamides is 1. The van der Waals surface area contributed by atoms with Crippen LogP contribution in [0.25, 0.3) is 0 Å². The first-order valence-corrected chi connectivity index (χ1v) is 7.35. The maximum atomic E-state index is 11.2. The molecule has 3 nitrogen and oxygen atoms in total. The zero-order valence-corrected chi connectivity index (χ0v) is 10.5. The van der Waals surface area contributed by atoms with Crippen LogP contribution in [0, 0.1) is 5.41 Å². The lowest BCUT2D eigenvalue weighted by Crippen LogP contribution is -2.42. The Morgan fingerprint density at radius 1 is 1.38 bits per heavy atom. The van der Waals surface area contributed by atoms with Crippen molar-refractivity contribution in [3.63, 3.8) is 0 Å². The summed E-state index contributed by atoms with van der Waals surface area (Å²) in [6, 6.07) is 0. The van der Waals surface area contributed by atoms with E-state index in [2.05, 4.69) is 22.9 Å². The molecule has 1 rings (SSSR count). The molecule has 0 aromatic carbocycles. The second kappa shape index (κ2) is 3.87. The fourth-order valence-electron chi connectivity index (χ4n) is 1.49. The molecular formula is C8H16BrNO2S. The van der Waals surface area contributed by atoms with E-state index in [1.807, 2.05) is 0 Å². The minimum atomic E-state index is -2.97. The lowest BCUT2D eigenvalue weighted by atomic mass is 9.83. The summed E-state index contributed by atoms with van der Waals surface area (Å²) >= 11 is 3.47. The van der Waals surface area contributed by atoms with Gasteiger partial charge in [-0.25, -0.2) is 12.7 Å². The molecule has 5 heteroatoms. The van der Waals surface area contributed by atoms with Crippen molar-refractivity contribution in [2.24, 2.45) is 5.41 Å². The molecule has 0 spiro atoms. The molecule has 1 heterocycles. The normalized spacial score (nSPS) is 24.5. The highest BCUT2D eigenvalue weighted by Gasteiger charge is 2.32. The van der Waals surface area contributed by atoms with Gasteiger partial charge < -0.3 is 0 Å². The van der Waals surface area contributed by atoms with Gasteiger partial charge in [-0.1, -0.05) is 22.9 Å². The van der Waals surface area contributed by atoms with Gasteiger partial charge in [0.25, 0.3) is 0 Å². The summed E-state index contributed by atoms with van der Waals surface area (Å²) in [5, 5.41) is 0.956. The van der Waals surface area contributed by atoms with Gasteiger partial charge >= 0.3 is 0 Å². The van der Waals surface area contributed by atoms with Crippen LogP contribution in [0.1, 0.15) is 19.8 Å². The standard InChI is InChI=1S/C8H16BrNO2S/c1-8(7-9)3-5-10(6-4-8)13(2,11)12/h3-7H2,1-2H3. The molecule has 0 aromatic heterocycles. The first-order chi connectivity index (χ1) is 5.87. The molecule has 0 aliphatic carbocycles. The van der Waals surface area contributed by atoms with Crippen LogP contribution in [0.3, 0.4) is 0 Å². The zero-order valence-electron chi connectivity index (χ0n) is 8.09. The number of alkyl halides is 1.